The molecule has 1 aromatic heterocycles. The van der Waals surface area contributed by atoms with Crippen LogP contribution in [0.3, 0.4) is 0 Å². The maximum absolute atomic E-state index is 12.5. The van der Waals surface area contributed by atoms with E-state index in [1.165, 1.54) is 24.1 Å². The van der Waals surface area contributed by atoms with Crippen LogP contribution in [0, 0.1) is 19.8 Å². The lowest BCUT2D eigenvalue weighted by Crippen LogP contribution is -2.37. The van der Waals surface area contributed by atoms with Crippen molar-refractivity contribution in [3.05, 3.63) is 71.1 Å². The predicted octanol–water partition coefficient (Wildman–Crippen LogP) is 4.99. The highest BCUT2D eigenvalue weighted by Crippen LogP contribution is 2.34. The number of carbonyl (C=O) groups excluding carboxylic acids is 1. The summed E-state index contributed by atoms with van der Waals surface area (Å²) in [5, 5.41) is 8.03. The van der Waals surface area contributed by atoms with E-state index in [1.807, 2.05) is 26.0 Å². The Morgan fingerprint density at radius 2 is 1.91 bits per heavy atom. The molecule has 1 fully saturated rings. The van der Waals surface area contributed by atoms with E-state index in [1.54, 1.807) is 0 Å². The molecule has 32 heavy (non-hydrogen) atoms. The van der Waals surface area contributed by atoms with E-state index in [-0.39, 0.29) is 12.3 Å². The maximum Gasteiger partial charge on any atom is 0.228 e. The number of anilines is 2. The highest BCUT2D eigenvalue weighted by atomic mass is 31.0. The molecule has 5 nitrogen and oxygen atoms in total. The van der Waals surface area contributed by atoms with Crippen molar-refractivity contribution in [2.75, 3.05) is 23.3 Å². The highest BCUT2D eigenvalue weighted by molar-refractivity contribution is 7.28. The lowest BCUT2D eigenvalue weighted by Gasteiger charge is -2.37. The second-order valence-electron chi connectivity index (χ2n) is 8.83. The van der Waals surface area contributed by atoms with E-state index in [2.05, 4.69) is 67.9 Å². The Hall–Kier alpha value is -2.65. The van der Waals surface area contributed by atoms with E-state index >= 15 is 0 Å². The molecule has 4 rings (SSSR count). The number of benzene rings is 2. The van der Waals surface area contributed by atoms with Crippen molar-refractivity contribution in [3.63, 3.8) is 0 Å². The Labute approximate surface area is 192 Å². The zero-order valence-corrected chi connectivity index (χ0v) is 20.3. The number of nitrogens with one attached hydrogen (secondary N) is 1. The van der Waals surface area contributed by atoms with Gasteiger partial charge in [-0.25, -0.2) is 0 Å². The van der Waals surface area contributed by atoms with Crippen molar-refractivity contribution in [1.82, 2.24) is 5.16 Å². The van der Waals surface area contributed by atoms with Crippen molar-refractivity contribution in [3.8, 4) is 0 Å². The average molecular weight is 450 g/mol. The Balaban J connectivity index is 1.35. The number of aromatic nitrogens is 1. The van der Waals surface area contributed by atoms with Crippen LogP contribution < -0.4 is 15.5 Å². The normalized spacial score (nSPS) is 15.6. The molecular weight excluding hydrogens is 417 g/mol. The third-order valence-corrected chi connectivity index (χ3v) is 7.21. The molecule has 1 aliphatic rings. The maximum atomic E-state index is 12.5. The molecule has 2 heterocycles. The SMILES string of the molecule is Cc1noc(C)c1CC(=O)Nc1ccc(N2CCC(C(C)c3ccccc3)CC2)c(P)c1. The van der Waals surface area contributed by atoms with E-state index in [4.69, 9.17) is 4.52 Å². The number of aryl methyl sites for hydroxylation is 2. The Kier molecular flexibility index (Phi) is 6.95. The fourth-order valence-corrected chi connectivity index (χ4v) is 5.17. The van der Waals surface area contributed by atoms with Gasteiger partial charge < -0.3 is 14.7 Å². The van der Waals surface area contributed by atoms with Crippen LogP contribution in [0.15, 0.2) is 53.1 Å². The highest BCUT2D eigenvalue weighted by Gasteiger charge is 2.25. The van der Waals surface area contributed by atoms with Crippen molar-refractivity contribution in [2.24, 2.45) is 5.92 Å². The molecule has 1 amide bonds. The van der Waals surface area contributed by atoms with E-state index in [9.17, 15) is 4.79 Å². The number of nitrogens with zero attached hydrogens (tertiary/aromatic N) is 2. The van der Waals surface area contributed by atoms with Gasteiger partial charge in [-0.2, -0.15) is 0 Å². The molecular formula is C26H32N3O2P. The van der Waals surface area contributed by atoms with Crippen LogP contribution in [0.25, 0.3) is 0 Å². The van der Waals surface area contributed by atoms with Gasteiger partial charge >= 0.3 is 0 Å². The summed E-state index contributed by atoms with van der Waals surface area (Å²) in [5.41, 5.74) is 5.10. The minimum atomic E-state index is -0.0627. The van der Waals surface area contributed by atoms with Crippen LogP contribution in [0.4, 0.5) is 11.4 Å². The molecule has 2 aromatic carbocycles. The zero-order valence-electron chi connectivity index (χ0n) is 19.1. The Morgan fingerprint density at radius 1 is 1.19 bits per heavy atom. The van der Waals surface area contributed by atoms with Crippen molar-refractivity contribution in [2.45, 2.75) is 46.0 Å². The lowest BCUT2D eigenvalue weighted by atomic mass is 9.81. The van der Waals surface area contributed by atoms with Crippen molar-refractivity contribution in [1.29, 1.82) is 0 Å². The second-order valence-corrected chi connectivity index (χ2v) is 9.45. The molecule has 1 saturated heterocycles. The molecule has 0 bridgehead atoms. The number of carbonyl (C=O) groups is 1. The van der Waals surface area contributed by atoms with E-state index in [0.29, 0.717) is 17.6 Å². The molecule has 0 radical (unpaired) electrons. The first-order valence-electron chi connectivity index (χ1n) is 11.3. The van der Waals surface area contributed by atoms with Crippen LogP contribution in [0.5, 0.6) is 0 Å². The van der Waals surface area contributed by atoms with Gasteiger partial charge in [0.05, 0.1) is 12.1 Å². The third-order valence-electron chi connectivity index (χ3n) is 6.74. The minimum Gasteiger partial charge on any atom is -0.371 e. The van der Waals surface area contributed by atoms with E-state index < -0.39 is 0 Å². The summed E-state index contributed by atoms with van der Waals surface area (Å²) in [6.45, 7) is 8.17. The van der Waals surface area contributed by atoms with Gasteiger partial charge in [0.1, 0.15) is 5.76 Å². The van der Waals surface area contributed by atoms with Gasteiger partial charge in [-0.05, 0) is 67.6 Å². The molecule has 1 N–H and O–H groups in total. The van der Waals surface area contributed by atoms with Crippen LogP contribution in [0.1, 0.15) is 48.3 Å². The molecule has 2 unspecified atom stereocenters. The summed E-state index contributed by atoms with van der Waals surface area (Å²) < 4.78 is 5.16. The largest absolute Gasteiger partial charge is 0.371 e. The van der Waals surface area contributed by atoms with Gasteiger partial charge in [0, 0.05) is 30.0 Å². The minimum absolute atomic E-state index is 0.0627. The molecule has 6 heteroatoms. The Bertz CT molecular complexity index is 1050. The van der Waals surface area contributed by atoms with Crippen LogP contribution in [0.2, 0.25) is 0 Å². The van der Waals surface area contributed by atoms with Crippen LogP contribution in [-0.4, -0.2) is 24.2 Å². The number of hydrogen-bond acceptors (Lipinski definition) is 4. The monoisotopic (exact) mass is 449 g/mol. The van der Waals surface area contributed by atoms with E-state index in [0.717, 1.165) is 35.3 Å². The third kappa shape index (κ3) is 5.05. The average Bonchev–Trinajstić information content (AvgIpc) is 3.11. The van der Waals surface area contributed by atoms with Gasteiger partial charge in [0.25, 0.3) is 0 Å². The molecule has 168 valence electrons. The number of rotatable bonds is 6. The molecule has 0 saturated carbocycles. The van der Waals surface area contributed by atoms with Gasteiger partial charge in [0.15, 0.2) is 0 Å². The summed E-state index contributed by atoms with van der Waals surface area (Å²) in [5.74, 6) is 1.94. The summed E-state index contributed by atoms with van der Waals surface area (Å²) in [7, 11) is 2.83. The molecule has 0 spiro atoms. The first-order chi connectivity index (χ1) is 15.4. The van der Waals surface area contributed by atoms with Gasteiger partial charge in [0.2, 0.25) is 5.91 Å². The van der Waals surface area contributed by atoms with Gasteiger partial charge in [-0.3, -0.25) is 4.79 Å². The fraction of sp³-hybridized carbons (Fsp3) is 0.385. The Morgan fingerprint density at radius 3 is 2.53 bits per heavy atom. The van der Waals surface area contributed by atoms with Crippen molar-refractivity contribution >= 4 is 31.8 Å². The summed E-state index contributed by atoms with van der Waals surface area (Å²) >= 11 is 0. The molecule has 2 atom stereocenters. The van der Waals surface area contributed by atoms with Crippen molar-refractivity contribution < 1.29 is 9.32 Å². The van der Waals surface area contributed by atoms with Crippen LogP contribution in [-0.2, 0) is 11.2 Å². The van der Waals surface area contributed by atoms with Crippen LogP contribution >= 0.6 is 9.24 Å². The van der Waals surface area contributed by atoms with Gasteiger partial charge in [-0.1, -0.05) is 42.4 Å². The zero-order chi connectivity index (χ0) is 22.7. The number of hydrogen-bond donors (Lipinski definition) is 1. The summed E-state index contributed by atoms with van der Waals surface area (Å²) in [6, 6.07) is 17.0. The molecule has 1 aliphatic heterocycles. The quantitative estimate of drug-likeness (QED) is 0.539. The lowest BCUT2D eigenvalue weighted by molar-refractivity contribution is -0.115. The molecule has 0 aliphatic carbocycles. The first-order valence-corrected chi connectivity index (χ1v) is 11.9. The smallest absolute Gasteiger partial charge is 0.228 e. The second kappa shape index (κ2) is 9.87. The predicted molar refractivity (Wildman–Crippen MR) is 134 cm³/mol. The fourth-order valence-electron chi connectivity index (χ4n) is 4.71. The number of piperidine rings is 1. The summed E-state index contributed by atoms with van der Waals surface area (Å²) in [6.07, 6.45) is 2.65. The first kappa shape index (κ1) is 22.5. The standard InChI is InChI=1S/C26H32N3O2P/c1-17(20-7-5-4-6-8-20)21-11-13-29(14-12-21)24-10-9-22(15-25(24)32)27-26(30)16-23-18(2)28-31-19(23)3/h4-10,15,17,21H,11-14,16,32H2,1-3H3,(H,27,30). The molecule has 3 aromatic rings. The summed E-state index contributed by atoms with van der Waals surface area (Å²) in [4.78, 5) is 15.0. The van der Waals surface area contributed by atoms with Gasteiger partial charge in [-0.15, -0.1) is 9.24 Å². The topological polar surface area (TPSA) is 58.4 Å². The number of amides is 1.